The Morgan fingerprint density at radius 2 is 1.94 bits per heavy atom. The van der Waals surface area contributed by atoms with Crippen molar-refractivity contribution in [2.75, 3.05) is 19.6 Å². The zero-order valence-corrected chi connectivity index (χ0v) is 9.19. The number of esters is 2. The fourth-order valence-corrected chi connectivity index (χ4v) is 1.75. The maximum absolute atomic E-state index is 12.9. The SMILES string of the molecule is O=C1CN(CCc2cccc(F)c2)CC(=O)O1. The van der Waals surface area contributed by atoms with Crippen molar-refractivity contribution in [1.29, 1.82) is 0 Å². The maximum atomic E-state index is 12.9. The molecule has 0 aliphatic carbocycles. The average Bonchev–Trinajstić information content (AvgIpc) is 2.25. The van der Waals surface area contributed by atoms with Gasteiger partial charge in [-0.25, -0.2) is 4.39 Å². The molecule has 1 heterocycles. The molecule has 0 radical (unpaired) electrons. The van der Waals surface area contributed by atoms with Gasteiger partial charge in [0.05, 0.1) is 13.1 Å². The van der Waals surface area contributed by atoms with Crippen molar-refractivity contribution < 1.29 is 18.7 Å². The van der Waals surface area contributed by atoms with E-state index in [1.54, 1.807) is 11.0 Å². The van der Waals surface area contributed by atoms with E-state index in [9.17, 15) is 14.0 Å². The fraction of sp³-hybridized carbons (Fsp3) is 0.333. The molecular formula is C12H12FNO3. The molecule has 90 valence electrons. The third kappa shape index (κ3) is 3.35. The van der Waals surface area contributed by atoms with Gasteiger partial charge in [0, 0.05) is 6.54 Å². The second-order valence-electron chi connectivity index (χ2n) is 3.94. The Morgan fingerprint density at radius 3 is 2.59 bits per heavy atom. The molecule has 0 bridgehead atoms. The summed E-state index contributed by atoms with van der Waals surface area (Å²) in [5.41, 5.74) is 0.844. The molecular weight excluding hydrogens is 225 g/mol. The molecule has 4 nitrogen and oxygen atoms in total. The maximum Gasteiger partial charge on any atom is 0.327 e. The van der Waals surface area contributed by atoms with E-state index in [0.29, 0.717) is 13.0 Å². The van der Waals surface area contributed by atoms with Gasteiger partial charge in [-0.15, -0.1) is 0 Å². The summed E-state index contributed by atoms with van der Waals surface area (Å²) in [6, 6.07) is 6.28. The van der Waals surface area contributed by atoms with Gasteiger partial charge in [-0.2, -0.15) is 0 Å². The minimum Gasteiger partial charge on any atom is -0.391 e. The molecule has 5 heteroatoms. The molecule has 1 fully saturated rings. The van der Waals surface area contributed by atoms with Crippen molar-refractivity contribution in [3.8, 4) is 0 Å². The summed E-state index contributed by atoms with van der Waals surface area (Å²) in [5.74, 6) is -1.34. The summed E-state index contributed by atoms with van der Waals surface area (Å²) in [5, 5.41) is 0. The fourth-order valence-electron chi connectivity index (χ4n) is 1.75. The van der Waals surface area contributed by atoms with Crippen molar-refractivity contribution in [2.45, 2.75) is 6.42 Å². The van der Waals surface area contributed by atoms with Crippen LogP contribution in [0.25, 0.3) is 0 Å². The molecule has 17 heavy (non-hydrogen) atoms. The number of ether oxygens (including phenoxy) is 1. The summed E-state index contributed by atoms with van der Waals surface area (Å²) in [6.07, 6.45) is 0.596. The number of carbonyl (C=O) groups excluding carboxylic acids is 2. The lowest BCUT2D eigenvalue weighted by Gasteiger charge is -2.23. The molecule has 1 saturated heterocycles. The summed E-state index contributed by atoms with van der Waals surface area (Å²) < 4.78 is 17.3. The smallest absolute Gasteiger partial charge is 0.327 e. The van der Waals surface area contributed by atoms with Gasteiger partial charge in [-0.05, 0) is 24.1 Å². The first-order valence-electron chi connectivity index (χ1n) is 5.34. The molecule has 1 aliphatic heterocycles. The molecule has 0 saturated carbocycles. The van der Waals surface area contributed by atoms with Crippen LogP contribution in [0, 0.1) is 5.82 Å². The third-order valence-corrected chi connectivity index (χ3v) is 2.54. The Morgan fingerprint density at radius 1 is 1.24 bits per heavy atom. The van der Waals surface area contributed by atoms with Gasteiger partial charge in [-0.1, -0.05) is 12.1 Å². The molecule has 1 aromatic carbocycles. The van der Waals surface area contributed by atoms with Crippen LogP contribution in [-0.2, 0) is 20.7 Å². The number of cyclic esters (lactones) is 2. The molecule has 0 spiro atoms. The van der Waals surface area contributed by atoms with Crippen molar-refractivity contribution in [2.24, 2.45) is 0 Å². The van der Waals surface area contributed by atoms with Crippen LogP contribution >= 0.6 is 0 Å². The summed E-state index contributed by atoms with van der Waals surface area (Å²) in [4.78, 5) is 23.7. The van der Waals surface area contributed by atoms with E-state index < -0.39 is 11.9 Å². The monoisotopic (exact) mass is 237 g/mol. The largest absolute Gasteiger partial charge is 0.391 e. The summed E-state index contributed by atoms with van der Waals surface area (Å²) >= 11 is 0. The number of nitrogens with zero attached hydrogens (tertiary/aromatic N) is 1. The number of hydrogen-bond acceptors (Lipinski definition) is 4. The Labute approximate surface area is 98.0 Å². The van der Waals surface area contributed by atoms with Gasteiger partial charge in [0.25, 0.3) is 0 Å². The van der Waals surface area contributed by atoms with Crippen LogP contribution in [0.5, 0.6) is 0 Å². The summed E-state index contributed by atoms with van der Waals surface area (Å²) in [7, 11) is 0. The lowest BCUT2D eigenvalue weighted by atomic mass is 10.1. The standard InChI is InChI=1S/C12H12FNO3/c13-10-3-1-2-9(6-10)4-5-14-7-11(15)17-12(16)8-14/h1-3,6H,4-5,7-8H2. The van der Waals surface area contributed by atoms with E-state index in [4.69, 9.17) is 0 Å². The summed E-state index contributed by atoms with van der Waals surface area (Å²) in [6.45, 7) is 0.756. The third-order valence-electron chi connectivity index (χ3n) is 2.54. The zero-order valence-electron chi connectivity index (χ0n) is 9.19. The van der Waals surface area contributed by atoms with Crippen LogP contribution in [0.1, 0.15) is 5.56 Å². The van der Waals surface area contributed by atoms with Crippen LogP contribution in [0.2, 0.25) is 0 Å². The first-order chi connectivity index (χ1) is 8.13. The lowest BCUT2D eigenvalue weighted by molar-refractivity contribution is -0.166. The zero-order chi connectivity index (χ0) is 12.3. The Kier molecular flexibility index (Phi) is 3.49. The molecule has 1 aromatic rings. The number of benzene rings is 1. The first-order valence-corrected chi connectivity index (χ1v) is 5.34. The van der Waals surface area contributed by atoms with E-state index in [1.807, 2.05) is 6.07 Å². The van der Waals surface area contributed by atoms with Crippen LogP contribution in [0.4, 0.5) is 4.39 Å². The van der Waals surface area contributed by atoms with Crippen molar-refractivity contribution in [1.82, 2.24) is 4.90 Å². The van der Waals surface area contributed by atoms with Gasteiger partial charge in [0.15, 0.2) is 0 Å². The van der Waals surface area contributed by atoms with Gasteiger partial charge in [-0.3, -0.25) is 14.5 Å². The van der Waals surface area contributed by atoms with Gasteiger partial charge in [0.2, 0.25) is 0 Å². The number of halogens is 1. The highest BCUT2D eigenvalue weighted by Gasteiger charge is 2.24. The Hall–Kier alpha value is -1.75. The minimum atomic E-state index is -0.527. The predicted octanol–water partition coefficient (Wildman–Crippen LogP) is 0.754. The van der Waals surface area contributed by atoms with E-state index in [2.05, 4.69) is 4.74 Å². The van der Waals surface area contributed by atoms with Crippen LogP contribution in [0.15, 0.2) is 24.3 Å². The van der Waals surface area contributed by atoms with Crippen molar-refractivity contribution >= 4 is 11.9 Å². The highest BCUT2D eigenvalue weighted by atomic mass is 19.1. The molecule has 0 aromatic heterocycles. The van der Waals surface area contributed by atoms with Crippen LogP contribution in [-0.4, -0.2) is 36.5 Å². The van der Waals surface area contributed by atoms with Crippen molar-refractivity contribution in [3.63, 3.8) is 0 Å². The molecule has 0 N–H and O–H groups in total. The highest BCUT2D eigenvalue weighted by Crippen LogP contribution is 2.07. The second-order valence-corrected chi connectivity index (χ2v) is 3.94. The van der Waals surface area contributed by atoms with Gasteiger partial charge in [0.1, 0.15) is 5.82 Å². The number of rotatable bonds is 3. The Balaban J connectivity index is 1.89. The molecule has 1 aliphatic rings. The Bertz CT molecular complexity index is 431. The molecule has 0 amide bonds. The van der Waals surface area contributed by atoms with Crippen molar-refractivity contribution in [3.05, 3.63) is 35.6 Å². The first kappa shape index (κ1) is 11.7. The quantitative estimate of drug-likeness (QED) is 0.575. The van der Waals surface area contributed by atoms with E-state index in [-0.39, 0.29) is 18.9 Å². The van der Waals surface area contributed by atoms with E-state index in [1.165, 1.54) is 12.1 Å². The molecule has 2 rings (SSSR count). The molecule has 0 unspecified atom stereocenters. The van der Waals surface area contributed by atoms with Gasteiger partial charge >= 0.3 is 11.9 Å². The number of morpholine rings is 1. The molecule has 0 atom stereocenters. The van der Waals surface area contributed by atoms with E-state index >= 15 is 0 Å². The lowest BCUT2D eigenvalue weighted by Crippen LogP contribution is -2.43. The van der Waals surface area contributed by atoms with Gasteiger partial charge < -0.3 is 4.74 Å². The van der Waals surface area contributed by atoms with Crippen LogP contribution < -0.4 is 0 Å². The number of carbonyl (C=O) groups is 2. The average molecular weight is 237 g/mol. The predicted molar refractivity (Wildman–Crippen MR) is 57.6 cm³/mol. The topological polar surface area (TPSA) is 46.6 Å². The normalized spacial score (nSPS) is 17.0. The minimum absolute atomic E-state index is 0.112. The highest BCUT2D eigenvalue weighted by molar-refractivity contribution is 5.90. The van der Waals surface area contributed by atoms with E-state index in [0.717, 1.165) is 5.56 Å². The number of hydrogen-bond donors (Lipinski definition) is 0. The second kappa shape index (κ2) is 5.05. The van der Waals surface area contributed by atoms with Crippen LogP contribution in [0.3, 0.4) is 0 Å².